The van der Waals surface area contributed by atoms with Crippen LogP contribution >= 0.6 is 11.3 Å². The van der Waals surface area contributed by atoms with Gasteiger partial charge in [0.2, 0.25) is 5.91 Å². The highest BCUT2D eigenvalue weighted by molar-refractivity contribution is 7.17. The van der Waals surface area contributed by atoms with Crippen molar-refractivity contribution in [3.05, 3.63) is 61.6 Å². The zero-order valence-electron chi connectivity index (χ0n) is 18.7. The minimum Gasteiger partial charge on any atom is -0.368 e. The maximum Gasteiger partial charge on any atom is 0.328 e. The van der Waals surface area contributed by atoms with E-state index in [4.69, 9.17) is 0 Å². The van der Waals surface area contributed by atoms with Crippen molar-refractivity contribution in [2.75, 3.05) is 31.1 Å². The Morgan fingerprint density at radius 3 is 2.59 bits per heavy atom. The second-order valence-electron chi connectivity index (χ2n) is 8.52. The number of rotatable bonds is 7. The second-order valence-corrected chi connectivity index (χ2v) is 9.43. The molecule has 4 rings (SSSR count). The summed E-state index contributed by atoms with van der Waals surface area (Å²) in [6, 6.07) is 8.26. The first-order valence-corrected chi connectivity index (χ1v) is 12.1. The maximum atomic E-state index is 12.6. The van der Waals surface area contributed by atoms with E-state index in [9.17, 15) is 14.4 Å². The zero-order valence-corrected chi connectivity index (χ0v) is 19.5. The molecule has 1 aliphatic rings. The molecule has 1 aliphatic heterocycles. The molecule has 1 amide bonds. The molecule has 1 aromatic carbocycles. The van der Waals surface area contributed by atoms with Gasteiger partial charge in [-0.2, -0.15) is 0 Å². The molecular formula is C24H30N4O3S. The van der Waals surface area contributed by atoms with Gasteiger partial charge in [0.1, 0.15) is 4.70 Å². The molecule has 0 unspecified atom stereocenters. The van der Waals surface area contributed by atoms with Crippen molar-refractivity contribution < 1.29 is 4.79 Å². The third-order valence-corrected chi connectivity index (χ3v) is 7.10. The fraction of sp³-hybridized carbons (Fsp3) is 0.458. The Balaban J connectivity index is 1.21. The Labute approximate surface area is 191 Å². The number of thiophene rings is 1. The first-order valence-electron chi connectivity index (χ1n) is 11.2. The van der Waals surface area contributed by atoms with Crippen LogP contribution in [0.4, 0.5) is 5.69 Å². The van der Waals surface area contributed by atoms with Crippen LogP contribution in [-0.4, -0.2) is 46.5 Å². The summed E-state index contributed by atoms with van der Waals surface area (Å²) < 4.78 is 1.85. The number of fused-ring (bicyclic) bond motifs is 1. The van der Waals surface area contributed by atoms with Crippen LogP contribution < -0.4 is 16.1 Å². The molecule has 0 radical (unpaired) electrons. The SMILES string of the molecule is Cc1ccc(C)c(N2CCN(C(=O)CCCCCn3c(=O)[nH]c4ccsc4c3=O)CC2)c1. The van der Waals surface area contributed by atoms with Crippen LogP contribution in [0, 0.1) is 13.8 Å². The van der Waals surface area contributed by atoms with Gasteiger partial charge in [0.05, 0.1) is 5.52 Å². The van der Waals surface area contributed by atoms with Crippen LogP contribution in [0.3, 0.4) is 0 Å². The molecule has 3 aromatic rings. The van der Waals surface area contributed by atoms with Crippen LogP contribution in [-0.2, 0) is 11.3 Å². The molecule has 2 aromatic heterocycles. The lowest BCUT2D eigenvalue weighted by Crippen LogP contribution is -2.49. The molecule has 0 spiro atoms. The maximum absolute atomic E-state index is 12.6. The number of anilines is 1. The Bertz CT molecular complexity index is 1220. The van der Waals surface area contributed by atoms with Crippen LogP contribution in [0.1, 0.15) is 36.8 Å². The molecule has 0 bridgehead atoms. The average Bonchev–Trinajstić information content (AvgIpc) is 3.25. The molecule has 0 saturated carbocycles. The number of unbranched alkanes of at least 4 members (excludes halogenated alkanes) is 2. The van der Waals surface area contributed by atoms with Gasteiger partial charge in [0.15, 0.2) is 0 Å². The molecule has 3 heterocycles. The van der Waals surface area contributed by atoms with E-state index in [2.05, 4.69) is 41.9 Å². The summed E-state index contributed by atoms with van der Waals surface area (Å²) in [5.41, 5.74) is 3.80. The van der Waals surface area contributed by atoms with Crippen molar-refractivity contribution in [3.63, 3.8) is 0 Å². The molecule has 8 heteroatoms. The van der Waals surface area contributed by atoms with E-state index < -0.39 is 0 Å². The van der Waals surface area contributed by atoms with Crippen LogP contribution in [0.5, 0.6) is 0 Å². The molecule has 1 fully saturated rings. The molecule has 0 atom stereocenters. The van der Waals surface area contributed by atoms with Gasteiger partial charge in [0.25, 0.3) is 5.56 Å². The van der Waals surface area contributed by atoms with Gasteiger partial charge in [-0.1, -0.05) is 18.6 Å². The third-order valence-electron chi connectivity index (χ3n) is 6.20. The predicted octanol–water partition coefficient (Wildman–Crippen LogP) is 3.28. The quantitative estimate of drug-likeness (QED) is 0.556. The smallest absolute Gasteiger partial charge is 0.328 e. The van der Waals surface area contributed by atoms with Crippen LogP contribution in [0.2, 0.25) is 0 Å². The monoisotopic (exact) mass is 454 g/mol. The molecular weight excluding hydrogens is 424 g/mol. The number of aromatic nitrogens is 2. The fourth-order valence-electron chi connectivity index (χ4n) is 4.31. The van der Waals surface area contributed by atoms with E-state index in [1.165, 1.54) is 32.7 Å². The molecule has 7 nitrogen and oxygen atoms in total. The summed E-state index contributed by atoms with van der Waals surface area (Å²) in [7, 11) is 0. The van der Waals surface area contributed by atoms with Crippen molar-refractivity contribution in [1.29, 1.82) is 0 Å². The first-order chi connectivity index (χ1) is 15.4. The number of nitrogens with zero attached hydrogens (tertiary/aromatic N) is 3. The van der Waals surface area contributed by atoms with Crippen molar-refractivity contribution in [1.82, 2.24) is 14.5 Å². The van der Waals surface area contributed by atoms with Gasteiger partial charge in [-0.3, -0.25) is 14.2 Å². The number of aromatic amines is 1. The van der Waals surface area contributed by atoms with Gasteiger partial charge in [-0.15, -0.1) is 11.3 Å². The number of hydrogen-bond acceptors (Lipinski definition) is 5. The Morgan fingerprint density at radius 1 is 1.03 bits per heavy atom. The average molecular weight is 455 g/mol. The Morgan fingerprint density at radius 2 is 1.81 bits per heavy atom. The van der Waals surface area contributed by atoms with E-state index >= 15 is 0 Å². The Kier molecular flexibility index (Phi) is 6.79. The highest BCUT2D eigenvalue weighted by atomic mass is 32.1. The highest BCUT2D eigenvalue weighted by Gasteiger charge is 2.21. The fourth-order valence-corrected chi connectivity index (χ4v) is 5.11. The minimum absolute atomic E-state index is 0.195. The van der Waals surface area contributed by atoms with Crippen molar-refractivity contribution in [3.8, 4) is 0 Å². The third kappa shape index (κ3) is 4.80. The number of piperazine rings is 1. The van der Waals surface area contributed by atoms with Gasteiger partial charge >= 0.3 is 5.69 Å². The highest BCUT2D eigenvalue weighted by Crippen LogP contribution is 2.23. The number of carbonyl (C=O) groups is 1. The summed E-state index contributed by atoms with van der Waals surface area (Å²) in [6.45, 7) is 7.82. The lowest BCUT2D eigenvalue weighted by molar-refractivity contribution is -0.131. The summed E-state index contributed by atoms with van der Waals surface area (Å²) >= 11 is 1.34. The number of nitrogens with one attached hydrogen (secondary N) is 1. The molecule has 1 saturated heterocycles. The standard InChI is InChI=1S/C24H30N4O3S/c1-17-7-8-18(2)20(16-17)26-11-13-27(14-12-26)21(29)6-4-3-5-10-28-23(30)22-19(9-15-32-22)25-24(28)31/h7-9,15-16H,3-6,10-14H2,1-2H3,(H,25,31). The molecule has 170 valence electrons. The molecule has 32 heavy (non-hydrogen) atoms. The lowest BCUT2D eigenvalue weighted by Gasteiger charge is -2.37. The Hall–Kier alpha value is -2.87. The van der Waals surface area contributed by atoms with E-state index in [0.29, 0.717) is 29.6 Å². The number of amides is 1. The van der Waals surface area contributed by atoms with Gasteiger partial charge in [-0.25, -0.2) is 4.79 Å². The van der Waals surface area contributed by atoms with Gasteiger partial charge in [-0.05, 0) is 55.3 Å². The number of aryl methyl sites for hydroxylation is 2. The second kappa shape index (κ2) is 9.73. The summed E-state index contributed by atoms with van der Waals surface area (Å²) in [4.78, 5) is 44.3. The molecule has 0 aliphatic carbocycles. The lowest BCUT2D eigenvalue weighted by atomic mass is 10.1. The van der Waals surface area contributed by atoms with E-state index in [0.717, 1.165) is 39.0 Å². The van der Waals surface area contributed by atoms with Gasteiger partial charge in [0, 0.05) is 44.8 Å². The molecule has 1 N–H and O–H groups in total. The van der Waals surface area contributed by atoms with E-state index in [-0.39, 0.29) is 17.2 Å². The number of H-pyrrole nitrogens is 1. The van der Waals surface area contributed by atoms with Crippen LogP contribution in [0.25, 0.3) is 10.2 Å². The van der Waals surface area contributed by atoms with Crippen molar-refractivity contribution >= 4 is 33.1 Å². The summed E-state index contributed by atoms with van der Waals surface area (Å²) in [5, 5.41) is 1.81. The zero-order chi connectivity index (χ0) is 22.7. The van der Waals surface area contributed by atoms with Gasteiger partial charge < -0.3 is 14.8 Å². The predicted molar refractivity (Wildman–Crippen MR) is 130 cm³/mol. The largest absolute Gasteiger partial charge is 0.368 e. The minimum atomic E-state index is -0.362. The van der Waals surface area contributed by atoms with Crippen molar-refractivity contribution in [2.45, 2.75) is 46.1 Å². The summed E-state index contributed by atoms with van der Waals surface area (Å²) in [5.74, 6) is 0.195. The number of hydrogen-bond donors (Lipinski definition) is 1. The van der Waals surface area contributed by atoms with E-state index in [1.54, 1.807) is 11.4 Å². The topological polar surface area (TPSA) is 78.4 Å². The summed E-state index contributed by atoms with van der Waals surface area (Å²) in [6.07, 6.45) is 2.79. The van der Waals surface area contributed by atoms with Crippen molar-refractivity contribution in [2.24, 2.45) is 0 Å². The number of carbonyl (C=O) groups excluding carboxylic acids is 1. The van der Waals surface area contributed by atoms with E-state index in [1.807, 2.05) is 4.90 Å². The first kappa shape index (κ1) is 22.3. The number of benzene rings is 1. The normalized spacial score (nSPS) is 14.3. The van der Waals surface area contributed by atoms with Crippen LogP contribution in [0.15, 0.2) is 39.2 Å².